The maximum absolute atomic E-state index is 13.6. The van der Waals surface area contributed by atoms with Crippen molar-refractivity contribution >= 4 is 12.2 Å². The fourth-order valence-corrected chi connectivity index (χ4v) is 2.45. The summed E-state index contributed by atoms with van der Waals surface area (Å²) >= 11 is 5.25. The molecule has 0 unspecified atom stereocenters. The van der Waals surface area contributed by atoms with Gasteiger partial charge >= 0.3 is 0 Å². The van der Waals surface area contributed by atoms with E-state index in [9.17, 15) is 4.39 Å². The average Bonchev–Trinajstić information content (AvgIpc) is 2.69. The van der Waals surface area contributed by atoms with Crippen molar-refractivity contribution in [1.29, 1.82) is 0 Å². The van der Waals surface area contributed by atoms with Gasteiger partial charge in [0.1, 0.15) is 11.6 Å². The molecule has 5 heteroatoms. The Morgan fingerprint density at radius 3 is 2.53 bits per heavy atom. The highest BCUT2D eigenvalue weighted by Gasteiger charge is 2.09. The number of aromatic nitrogens is 3. The highest BCUT2D eigenvalue weighted by molar-refractivity contribution is 7.71. The van der Waals surface area contributed by atoms with Crippen molar-refractivity contribution in [3.63, 3.8) is 0 Å². The van der Waals surface area contributed by atoms with Crippen LogP contribution in [-0.2, 0) is 13.0 Å². The molecule has 1 aromatic heterocycles. The van der Waals surface area contributed by atoms with Crippen molar-refractivity contribution in [3.05, 3.63) is 45.2 Å². The largest absolute Gasteiger partial charge is 0.300 e. The first kappa shape index (κ1) is 13.9. The maximum atomic E-state index is 13.6. The second-order valence-electron chi connectivity index (χ2n) is 4.82. The van der Waals surface area contributed by atoms with Crippen LogP contribution in [0.1, 0.15) is 35.9 Å². The van der Waals surface area contributed by atoms with Crippen LogP contribution in [0.4, 0.5) is 4.39 Å². The SMILES string of the molecule is CCCc1n[nH]c(=S)n1Cc1cc(C)c(F)c(C)c1. The monoisotopic (exact) mass is 279 g/mol. The van der Waals surface area contributed by atoms with Crippen LogP contribution in [0, 0.1) is 24.4 Å². The van der Waals surface area contributed by atoms with Gasteiger partial charge < -0.3 is 0 Å². The molecule has 19 heavy (non-hydrogen) atoms. The fourth-order valence-electron chi connectivity index (χ4n) is 2.24. The van der Waals surface area contributed by atoms with Crippen molar-refractivity contribution in [2.24, 2.45) is 0 Å². The van der Waals surface area contributed by atoms with Gasteiger partial charge in [-0.2, -0.15) is 5.10 Å². The van der Waals surface area contributed by atoms with E-state index >= 15 is 0 Å². The first-order valence-corrected chi connectivity index (χ1v) is 6.83. The number of rotatable bonds is 4. The van der Waals surface area contributed by atoms with Crippen LogP contribution in [0.25, 0.3) is 0 Å². The molecule has 2 aromatic rings. The molecular formula is C14H18FN3S. The Kier molecular flexibility index (Phi) is 4.14. The lowest BCUT2D eigenvalue weighted by Crippen LogP contribution is -2.06. The zero-order valence-corrected chi connectivity index (χ0v) is 12.3. The van der Waals surface area contributed by atoms with E-state index in [0.29, 0.717) is 22.4 Å². The third kappa shape index (κ3) is 2.92. The minimum Gasteiger partial charge on any atom is -0.300 e. The number of hydrogen-bond acceptors (Lipinski definition) is 2. The summed E-state index contributed by atoms with van der Waals surface area (Å²) in [6.07, 6.45) is 1.90. The first-order valence-electron chi connectivity index (χ1n) is 6.42. The molecule has 3 nitrogen and oxygen atoms in total. The number of hydrogen-bond donors (Lipinski definition) is 1. The van der Waals surface area contributed by atoms with Gasteiger partial charge in [-0.25, -0.2) is 4.39 Å². The maximum Gasteiger partial charge on any atom is 0.195 e. The molecular weight excluding hydrogens is 261 g/mol. The average molecular weight is 279 g/mol. The molecule has 0 radical (unpaired) electrons. The zero-order valence-electron chi connectivity index (χ0n) is 11.5. The number of nitrogens with zero attached hydrogens (tertiary/aromatic N) is 2. The van der Waals surface area contributed by atoms with Crippen LogP contribution in [0.3, 0.4) is 0 Å². The molecule has 1 heterocycles. The molecule has 0 aliphatic carbocycles. The van der Waals surface area contributed by atoms with E-state index in [0.717, 1.165) is 24.2 Å². The fraction of sp³-hybridized carbons (Fsp3) is 0.429. The van der Waals surface area contributed by atoms with Crippen molar-refractivity contribution < 1.29 is 4.39 Å². The van der Waals surface area contributed by atoms with E-state index in [4.69, 9.17) is 12.2 Å². The lowest BCUT2D eigenvalue weighted by atomic mass is 10.1. The van der Waals surface area contributed by atoms with Gasteiger partial charge in [-0.3, -0.25) is 9.67 Å². The molecule has 0 fully saturated rings. The highest BCUT2D eigenvalue weighted by Crippen LogP contribution is 2.16. The Balaban J connectivity index is 2.36. The molecule has 1 aromatic carbocycles. The standard InChI is InChI=1S/C14H18FN3S/c1-4-5-12-16-17-14(19)18(12)8-11-6-9(2)13(15)10(3)7-11/h6-7H,4-5,8H2,1-3H3,(H,17,19). The summed E-state index contributed by atoms with van der Waals surface area (Å²) in [5.74, 6) is 0.820. The normalized spacial score (nSPS) is 10.9. The Labute approximate surface area is 117 Å². The third-order valence-corrected chi connectivity index (χ3v) is 3.46. The van der Waals surface area contributed by atoms with Crippen LogP contribution < -0.4 is 0 Å². The predicted octanol–water partition coefficient (Wildman–Crippen LogP) is 3.70. The topological polar surface area (TPSA) is 33.6 Å². The van der Waals surface area contributed by atoms with Crippen molar-refractivity contribution in [1.82, 2.24) is 14.8 Å². The molecule has 102 valence electrons. The molecule has 0 aliphatic heterocycles. The van der Waals surface area contributed by atoms with Crippen molar-refractivity contribution in [2.45, 2.75) is 40.2 Å². The number of benzene rings is 1. The summed E-state index contributed by atoms with van der Waals surface area (Å²) in [4.78, 5) is 0. The Bertz CT molecular complexity index is 619. The van der Waals surface area contributed by atoms with Gasteiger partial charge in [-0.1, -0.05) is 19.1 Å². The Hall–Kier alpha value is -1.49. The summed E-state index contributed by atoms with van der Waals surface area (Å²) in [7, 11) is 0. The minimum absolute atomic E-state index is 0.131. The van der Waals surface area contributed by atoms with Gasteiger partial charge in [-0.15, -0.1) is 0 Å². The molecule has 0 bridgehead atoms. The molecule has 0 saturated carbocycles. The van der Waals surface area contributed by atoms with Gasteiger partial charge in [0.2, 0.25) is 0 Å². The highest BCUT2D eigenvalue weighted by atomic mass is 32.1. The van der Waals surface area contributed by atoms with Gasteiger partial charge in [0.05, 0.1) is 6.54 Å². The second kappa shape index (κ2) is 5.65. The molecule has 2 rings (SSSR count). The quantitative estimate of drug-likeness (QED) is 0.866. The van der Waals surface area contributed by atoms with Crippen molar-refractivity contribution in [3.8, 4) is 0 Å². The van der Waals surface area contributed by atoms with Crippen molar-refractivity contribution in [2.75, 3.05) is 0 Å². The first-order chi connectivity index (χ1) is 9.02. The summed E-state index contributed by atoms with van der Waals surface area (Å²) in [6.45, 7) is 6.31. The van der Waals surface area contributed by atoms with E-state index in [1.807, 2.05) is 16.7 Å². The summed E-state index contributed by atoms with van der Waals surface area (Å²) in [5, 5.41) is 7.06. The van der Waals surface area contributed by atoms with E-state index in [-0.39, 0.29) is 5.82 Å². The Morgan fingerprint density at radius 1 is 1.32 bits per heavy atom. The Morgan fingerprint density at radius 2 is 1.95 bits per heavy atom. The summed E-state index contributed by atoms with van der Waals surface area (Å²) in [6, 6.07) is 3.74. The van der Waals surface area contributed by atoms with Gasteiger partial charge in [0.15, 0.2) is 4.77 Å². The van der Waals surface area contributed by atoms with Crippen LogP contribution in [0.5, 0.6) is 0 Å². The number of H-pyrrole nitrogens is 1. The lowest BCUT2D eigenvalue weighted by molar-refractivity contribution is 0.606. The molecule has 0 atom stereocenters. The minimum atomic E-state index is -0.131. The smallest absolute Gasteiger partial charge is 0.195 e. The van der Waals surface area contributed by atoms with E-state index < -0.39 is 0 Å². The second-order valence-corrected chi connectivity index (χ2v) is 5.21. The van der Waals surface area contributed by atoms with E-state index in [1.54, 1.807) is 13.8 Å². The third-order valence-electron chi connectivity index (χ3n) is 3.15. The summed E-state index contributed by atoms with van der Waals surface area (Å²) in [5.41, 5.74) is 2.38. The van der Waals surface area contributed by atoms with Crippen LogP contribution in [-0.4, -0.2) is 14.8 Å². The van der Waals surface area contributed by atoms with Crippen LogP contribution in [0.2, 0.25) is 0 Å². The lowest BCUT2D eigenvalue weighted by Gasteiger charge is -2.09. The predicted molar refractivity (Wildman–Crippen MR) is 76.4 cm³/mol. The zero-order chi connectivity index (χ0) is 14.0. The van der Waals surface area contributed by atoms with E-state index in [2.05, 4.69) is 17.1 Å². The number of nitrogens with one attached hydrogen (secondary N) is 1. The van der Waals surface area contributed by atoms with Gasteiger partial charge in [-0.05, 0) is 49.2 Å². The molecule has 0 aliphatic rings. The molecule has 1 N–H and O–H groups in total. The van der Waals surface area contributed by atoms with Crippen LogP contribution >= 0.6 is 12.2 Å². The van der Waals surface area contributed by atoms with Gasteiger partial charge in [0, 0.05) is 6.42 Å². The summed E-state index contributed by atoms with van der Waals surface area (Å²) < 4.78 is 16.2. The number of halogens is 1. The molecule has 0 spiro atoms. The van der Waals surface area contributed by atoms with E-state index in [1.165, 1.54) is 0 Å². The molecule has 0 amide bonds. The molecule has 0 saturated heterocycles. The van der Waals surface area contributed by atoms with Gasteiger partial charge in [0.25, 0.3) is 0 Å². The van der Waals surface area contributed by atoms with Crippen LogP contribution in [0.15, 0.2) is 12.1 Å². The number of aromatic amines is 1. The number of aryl methyl sites for hydroxylation is 3.